The fraction of sp³-hybridized carbons (Fsp3) is 0.190. The van der Waals surface area contributed by atoms with Crippen molar-refractivity contribution in [3.63, 3.8) is 0 Å². The lowest BCUT2D eigenvalue weighted by Gasteiger charge is -2.15. The van der Waals surface area contributed by atoms with E-state index < -0.39 is 0 Å². The second-order valence-electron chi connectivity index (χ2n) is 6.42. The van der Waals surface area contributed by atoms with Gasteiger partial charge in [-0.3, -0.25) is 4.79 Å². The molecule has 1 unspecified atom stereocenters. The van der Waals surface area contributed by atoms with Crippen molar-refractivity contribution in [3.8, 4) is 11.4 Å². The van der Waals surface area contributed by atoms with Crippen molar-refractivity contribution >= 4 is 28.0 Å². The number of thiophene rings is 1. The Kier molecular flexibility index (Phi) is 4.98. The van der Waals surface area contributed by atoms with Gasteiger partial charge in [0.25, 0.3) is 0 Å². The van der Waals surface area contributed by atoms with E-state index in [0.29, 0.717) is 24.6 Å². The molecule has 2 aromatic carbocycles. The number of benzene rings is 2. The summed E-state index contributed by atoms with van der Waals surface area (Å²) in [5, 5.41) is 13.3. The lowest BCUT2D eigenvalue weighted by molar-refractivity contribution is -0.121. The normalized spacial score (nSPS) is 12.2. The zero-order chi connectivity index (χ0) is 18.6. The Labute approximate surface area is 161 Å². The smallest absolute Gasteiger partial charge is 0.227 e. The maximum atomic E-state index is 12.3. The van der Waals surface area contributed by atoms with Gasteiger partial charge in [-0.05, 0) is 40.8 Å². The number of nitrogens with zero attached hydrogens (tertiary/aromatic N) is 2. The van der Waals surface area contributed by atoms with Crippen LogP contribution in [0.2, 0.25) is 0 Å². The number of amides is 1. The molecule has 4 rings (SSSR count). The number of hydrogen-bond donors (Lipinski definition) is 1. The predicted molar refractivity (Wildman–Crippen MR) is 106 cm³/mol. The van der Waals surface area contributed by atoms with Gasteiger partial charge in [0.05, 0.1) is 6.04 Å². The second kappa shape index (κ2) is 7.72. The summed E-state index contributed by atoms with van der Waals surface area (Å²) in [6.45, 7) is 1.99. The molecule has 1 amide bonds. The average molecular weight is 377 g/mol. The zero-order valence-corrected chi connectivity index (χ0v) is 15.7. The predicted octanol–water partition coefficient (Wildman–Crippen LogP) is 4.76. The number of hydrogen-bond acceptors (Lipinski definition) is 5. The minimum absolute atomic E-state index is 0.0362. The van der Waals surface area contributed by atoms with Gasteiger partial charge in [-0.25, -0.2) is 0 Å². The van der Waals surface area contributed by atoms with E-state index in [1.54, 1.807) is 11.3 Å². The van der Waals surface area contributed by atoms with Crippen LogP contribution in [0.15, 0.2) is 63.8 Å². The number of carbonyl (C=O) groups excluding carboxylic acids is 1. The summed E-state index contributed by atoms with van der Waals surface area (Å²) in [6, 6.07) is 16.3. The van der Waals surface area contributed by atoms with Crippen LogP contribution in [0, 0.1) is 0 Å². The van der Waals surface area contributed by atoms with Gasteiger partial charge in [-0.1, -0.05) is 41.6 Å². The summed E-state index contributed by atoms with van der Waals surface area (Å²) >= 11 is 1.58. The number of fused-ring (bicyclic) bond motifs is 1. The Morgan fingerprint density at radius 3 is 2.85 bits per heavy atom. The molecule has 27 heavy (non-hydrogen) atoms. The van der Waals surface area contributed by atoms with Gasteiger partial charge >= 0.3 is 0 Å². The van der Waals surface area contributed by atoms with Crippen LogP contribution in [-0.2, 0) is 11.2 Å². The van der Waals surface area contributed by atoms with E-state index in [0.717, 1.165) is 11.1 Å². The molecule has 0 aliphatic carbocycles. The van der Waals surface area contributed by atoms with Gasteiger partial charge in [-0.2, -0.15) is 16.3 Å². The van der Waals surface area contributed by atoms with E-state index in [4.69, 9.17) is 4.52 Å². The SMILES string of the molecule is CC(NC(=O)CCc1nc(-c2ccsc2)no1)c1ccc2ccccc2c1. The molecule has 2 heterocycles. The highest BCUT2D eigenvalue weighted by Crippen LogP contribution is 2.21. The maximum absolute atomic E-state index is 12.3. The largest absolute Gasteiger partial charge is 0.350 e. The molecule has 136 valence electrons. The quantitative estimate of drug-likeness (QED) is 0.526. The Balaban J connectivity index is 1.34. The summed E-state index contributed by atoms with van der Waals surface area (Å²) in [5.41, 5.74) is 2.02. The van der Waals surface area contributed by atoms with Crippen LogP contribution >= 0.6 is 11.3 Å². The number of rotatable bonds is 6. The minimum Gasteiger partial charge on any atom is -0.350 e. The van der Waals surface area contributed by atoms with Crippen molar-refractivity contribution < 1.29 is 9.32 Å². The van der Waals surface area contributed by atoms with E-state index in [-0.39, 0.29) is 11.9 Å². The molecule has 0 aliphatic rings. The van der Waals surface area contributed by atoms with Crippen LogP contribution < -0.4 is 5.32 Å². The third-order valence-corrected chi connectivity index (χ3v) is 5.15. The Morgan fingerprint density at radius 1 is 1.19 bits per heavy atom. The molecule has 4 aromatic rings. The highest BCUT2D eigenvalue weighted by atomic mass is 32.1. The molecule has 0 bridgehead atoms. The average Bonchev–Trinajstić information content (AvgIpc) is 3.37. The molecule has 5 nitrogen and oxygen atoms in total. The summed E-state index contributed by atoms with van der Waals surface area (Å²) in [7, 11) is 0. The molecule has 0 radical (unpaired) electrons. The first-order valence-electron chi connectivity index (χ1n) is 8.82. The van der Waals surface area contributed by atoms with Gasteiger partial charge in [0.2, 0.25) is 17.6 Å². The number of carbonyl (C=O) groups is 1. The summed E-state index contributed by atoms with van der Waals surface area (Å²) in [5.74, 6) is 1.01. The fourth-order valence-corrected chi connectivity index (χ4v) is 3.59. The first-order chi connectivity index (χ1) is 13.2. The zero-order valence-electron chi connectivity index (χ0n) is 14.9. The van der Waals surface area contributed by atoms with Crippen molar-refractivity contribution in [2.24, 2.45) is 0 Å². The van der Waals surface area contributed by atoms with Crippen LogP contribution in [-0.4, -0.2) is 16.0 Å². The number of aryl methyl sites for hydroxylation is 1. The fourth-order valence-electron chi connectivity index (χ4n) is 2.96. The number of aromatic nitrogens is 2. The third kappa shape index (κ3) is 4.06. The molecule has 1 atom stereocenters. The van der Waals surface area contributed by atoms with E-state index in [2.05, 4.69) is 45.8 Å². The lowest BCUT2D eigenvalue weighted by Crippen LogP contribution is -2.26. The monoisotopic (exact) mass is 377 g/mol. The summed E-state index contributed by atoms with van der Waals surface area (Å²) < 4.78 is 5.24. The first-order valence-corrected chi connectivity index (χ1v) is 9.76. The van der Waals surface area contributed by atoms with Crippen molar-refractivity contribution in [2.75, 3.05) is 0 Å². The van der Waals surface area contributed by atoms with Crippen molar-refractivity contribution in [3.05, 3.63) is 70.7 Å². The molecule has 2 aromatic heterocycles. The highest BCUT2D eigenvalue weighted by Gasteiger charge is 2.13. The molecule has 0 aliphatic heterocycles. The van der Waals surface area contributed by atoms with E-state index in [9.17, 15) is 4.79 Å². The first kappa shape index (κ1) is 17.4. The van der Waals surface area contributed by atoms with Gasteiger partial charge in [0.15, 0.2) is 0 Å². The van der Waals surface area contributed by atoms with E-state index in [1.165, 1.54) is 10.8 Å². The summed E-state index contributed by atoms with van der Waals surface area (Å²) in [6.07, 6.45) is 0.733. The number of nitrogens with one attached hydrogen (secondary N) is 1. The highest BCUT2D eigenvalue weighted by molar-refractivity contribution is 7.08. The van der Waals surface area contributed by atoms with Gasteiger partial charge < -0.3 is 9.84 Å². The van der Waals surface area contributed by atoms with Gasteiger partial charge in [-0.15, -0.1) is 0 Å². The Hall–Kier alpha value is -2.99. The van der Waals surface area contributed by atoms with Crippen LogP contribution in [0.4, 0.5) is 0 Å². The van der Waals surface area contributed by atoms with E-state index in [1.807, 2.05) is 35.9 Å². The van der Waals surface area contributed by atoms with Gasteiger partial charge in [0.1, 0.15) is 0 Å². The lowest BCUT2D eigenvalue weighted by atomic mass is 10.0. The Bertz CT molecular complexity index is 1060. The molecular formula is C21H19N3O2S. The standard InChI is InChI=1S/C21H19N3O2S/c1-14(16-7-6-15-4-2-3-5-17(15)12-16)22-19(25)8-9-20-23-21(24-26-20)18-10-11-27-13-18/h2-7,10-14H,8-9H2,1H3,(H,22,25). The topological polar surface area (TPSA) is 68.0 Å². The third-order valence-electron chi connectivity index (χ3n) is 4.46. The summed E-state index contributed by atoms with van der Waals surface area (Å²) in [4.78, 5) is 16.6. The van der Waals surface area contributed by atoms with Crippen LogP contribution in [0.3, 0.4) is 0 Å². The molecular weight excluding hydrogens is 358 g/mol. The molecule has 0 fully saturated rings. The van der Waals surface area contributed by atoms with Crippen LogP contribution in [0.5, 0.6) is 0 Å². The molecule has 0 saturated carbocycles. The van der Waals surface area contributed by atoms with Crippen LogP contribution in [0.25, 0.3) is 22.2 Å². The van der Waals surface area contributed by atoms with Crippen LogP contribution in [0.1, 0.15) is 30.8 Å². The van der Waals surface area contributed by atoms with Crippen molar-refractivity contribution in [2.45, 2.75) is 25.8 Å². The molecule has 0 spiro atoms. The molecule has 6 heteroatoms. The minimum atomic E-state index is -0.0637. The van der Waals surface area contributed by atoms with Gasteiger partial charge in [0, 0.05) is 23.8 Å². The maximum Gasteiger partial charge on any atom is 0.227 e. The second-order valence-corrected chi connectivity index (χ2v) is 7.20. The van der Waals surface area contributed by atoms with E-state index >= 15 is 0 Å². The van der Waals surface area contributed by atoms with Crippen molar-refractivity contribution in [1.82, 2.24) is 15.5 Å². The molecule has 0 saturated heterocycles. The Morgan fingerprint density at radius 2 is 2.04 bits per heavy atom. The van der Waals surface area contributed by atoms with Crippen molar-refractivity contribution in [1.29, 1.82) is 0 Å². The molecule has 1 N–H and O–H groups in total.